The molecule has 0 aliphatic carbocycles. The summed E-state index contributed by atoms with van der Waals surface area (Å²) in [4.78, 5) is 41.3. The van der Waals surface area contributed by atoms with Gasteiger partial charge in [-0.15, -0.1) is 0 Å². The Kier molecular flexibility index (Phi) is 19.0. The van der Waals surface area contributed by atoms with Gasteiger partial charge in [0.05, 0.1) is 13.7 Å². The number of methoxy groups -OCH3 is 1. The Labute approximate surface area is 370 Å². The fraction of sp³-hybridized carbons (Fsp3) is 0.667. The number of rotatable bonds is 21. The molecule has 0 radical (unpaired) electrons. The SMILES string of the molecule is CC[C@H](C)C1O[C@H](O[C@H]2C([C@H]3COC(C)(C)O3)O[C@@](OCCCCCN(Cc3ccccc3)C(=O)OCc3ccccc3)(C(=O)OC)C[C@H]2C)C(OC(C)=O)[C@@H](C)[C@@H]1PBB=O. The summed E-state index contributed by atoms with van der Waals surface area (Å²) in [6.45, 7) is 14.9. The summed E-state index contributed by atoms with van der Waals surface area (Å²) in [6.07, 6.45) is -1.80. The molecular formula is C45H66B2NO13P. The van der Waals surface area contributed by atoms with Crippen LogP contribution in [0.5, 0.6) is 0 Å². The van der Waals surface area contributed by atoms with Gasteiger partial charge in [-0.1, -0.05) is 60.7 Å². The average molecular weight is 882 g/mol. The van der Waals surface area contributed by atoms with Crippen molar-refractivity contribution in [2.24, 2.45) is 17.8 Å². The first-order valence-corrected chi connectivity index (χ1v) is 23.4. The van der Waals surface area contributed by atoms with Crippen LogP contribution in [0.1, 0.15) is 91.7 Å². The number of carbonyl (C=O) groups is 3. The predicted molar refractivity (Wildman–Crippen MR) is 235 cm³/mol. The predicted octanol–water partition coefficient (Wildman–Crippen LogP) is 6.55. The molecule has 2 aromatic carbocycles. The van der Waals surface area contributed by atoms with Crippen molar-refractivity contribution in [3.63, 3.8) is 0 Å². The molecule has 3 heterocycles. The monoisotopic (exact) mass is 881 g/mol. The summed E-state index contributed by atoms with van der Waals surface area (Å²) in [6, 6.07) is 19.4. The van der Waals surface area contributed by atoms with Crippen molar-refractivity contribution in [1.82, 2.24) is 4.90 Å². The van der Waals surface area contributed by atoms with Crippen LogP contribution in [0, 0.1) is 17.8 Å². The van der Waals surface area contributed by atoms with Gasteiger partial charge in [0.2, 0.25) is 0 Å². The maximum absolute atomic E-state index is 13.8. The van der Waals surface area contributed by atoms with E-state index in [1.165, 1.54) is 14.0 Å². The van der Waals surface area contributed by atoms with E-state index in [1.54, 1.807) is 4.90 Å². The maximum atomic E-state index is 13.8. The van der Waals surface area contributed by atoms with E-state index in [9.17, 15) is 19.1 Å². The molecule has 0 aromatic heterocycles. The normalized spacial score (nSPS) is 30.0. The number of unbranched alkanes of at least 4 members (excludes halogenated alkanes) is 2. The molecule has 3 aliphatic rings. The summed E-state index contributed by atoms with van der Waals surface area (Å²) >= 11 is 0. The van der Waals surface area contributed by atoms with Gasteiger partial charge in [-0.05, 0) is 44.2 Å². The van der Waals surface area contributed by atoms with Gasteiger partial charge in [-0.2, -0.15) is 0 Å². The van der Waals surface area contributed by atoms with E-state index in [-0.39, 0.29) is 64.2 Å². The van der Waals surface area contributed by atoms with Crippen LogP contribution in [0.4, 0.5) is 4.79 Å². The molecule has 1 amide bonds. The van der Waals surface area contributed by atoms with Crippen LogP contribution in [0.3, 0.4) is 0 Å². The van der Waals surface area contributed by atoms with Crippen molar-refractivity contribution in [3.05, 3.63) is 71.8 Å². The van der Waals surface area contributed by atoms with Crippen molar-refractivity contribution < 1.29 is 61.7 Å². The van der Waals surface area contributed by atoms with E-state index >= 15 is 0 Å². The van der Waals surface area contributed by atoms with Crippen molar-refractivity contribution in [2.75, 3.05) is 26.9 Å². The third-order valence-electron chi connectivity index (χ3n) is 12.0. The van der Waals surface area contributed by atoms with Gasteiger partial charge in [0.1, 0.15) is 6.61 Å². The molecule has 3 aliphatic heterocycles. The molecule has 0 bridgehead atoms. The molecule has 5 rings (SSSR count). The zero-order valence-electron chi connectivity index (χ0n) is 37.7. The van der Waals surface area contributed by atoms with E-state index in [4.69, 9.17) is 42.6 Å². The number of hydrogen-bond acceptors (Lipinski definition) is 13. The van der Waals surface area contributed by atoms with E-state index in [2.05, 4.69) is 13.8 Å². The molecule has 12 atom stereocenters. The summed E-state index contributed by atoms with van der Waals surface area (Å²) in [5, 5.41) is 0. The van der Waals surface area contributed by atoms with Crippen LogP contribution >= 0.6 is 8.46 Å². The summed E-state index contributed by atoms with van der Waals surface area (Å²) < 4.78 is 67.7. The number of carbonyl (C=O) groups excluding carboxylic acids is 3. The molecule has 340 valence electrons. The quantitative estimate of drug-likeness (QED) is 0.0439. The first-order valence-electron chi connectivity index (χ1n) is 22.1. The zero-order valence-corrected chi connectivity index (χ0v) is 38.7. The third-order valence-corrected chi connectivity index (χ3v) is 13.7. The van der Waals surface area contributed by atoms with Crippen molar-refractivity contribution in [2.45, 2.75) is 148 Å². The molecule has 14 nitrogen and oxygen atoms in total. The van der Waals surface area contributed by atoms with Gasteiger partial charge in [0, 0.05) is 13.1 Å². The topological polar surface area (TPSA) is 155 Å². The Bertz CT molecular complexity index is 1730. The zero-order chi connectivity index (χ0) is 44.9. The van der Waals surface area contributed by atoms with Crippen LogP contribution in [-0.2, 0) is 70.1 Å². The number of ether oxygens (including phenoxy) is 9. The third kappa shape index (κ3) is 13.4. The van der Waals surface area contributed by atoms with Gasteiger partial charge in [-0.25, -0.2) is 9.59 Å². The first kappa shape index (κ1) is 49.8. The van der Waals surface area contributed by atoms with Gasteiger partial charge in [0.25, 0.3) is 0 Å². The molecule has 4 unspecified atom stereocenters. The number of amides is 1. The fourth-order valence-corrected chi connectivity index (χ4v) is 10.1. The summed E-state index contributed by atoms with van der Waals surface area (Å²) in [5.74, 6) is -4.29. The number of esters is 2. The standard InChI is InChI=1S/C45H66B2NO13P/c1-9-29(2)37-40(62-47-46-52)31(4)38(57-32(5)49)41(59-37)58-36-30(3)25-45(42(50)53-8,61-39(36)35-28-56-44(6,7)60-35)55-24-18-12-17-23-48(26-33-19-13-10-14-20-33)43(51)54-27-34-21-15-11-16-22-34/h10-11,13-16,19-22,29-31,35-41,47,62H,9,12,17-18,23-28H2,1-8H3/t29-,30+,31+,35+,36+,37?,38?,39?,40-,41-,45+/m0/s1. The number of hydrogen-bond donors (Lipinski definition) is 0. The van der Waals surface area contributed by atoms with E-state index in [0.717, 1.165) is 24.6 Å². The molecular weight excluding hydrogens is 815 g/mol. The Morgan fingerprint density at radius 1 is 0.984 bits per heavy atom. The minimum atomic E-state index is -1.79. The van der Waals surface area contributed by atoms with E-state index in [0.29, 0.717) is 39.2 Å². The molecule has 17 heteroatoms. The summed E-state index contributed by atoms with van der Waals surface area (Å²) in [7, 11) is 2.51. The molecule has 2 aromatic rings. The van der Waals surface area contributed by atoms with E-state index in [1.807, 2.05) is 88.4 Å². The van der Waals surface area contributed by atoms with Gasteiger partial charge >= 0.3 is 209 Å². The molecule has 3 saturated heterocycles. The van der Waals surface area contributed by atoms with E-state index < -0.39 is 60.3 Å². The molecule has 62 heavy (non-hydrogen) atoms. The summed E-state index contributed by atoms with van der Waals surface area (Å²) in [5.41, 5.74) is 1.88. The second-order valence-electron chi connectivity index (χ2n) is 17.2. The van der Waals surface area contributed by atoms with Crippen molar-refractivity contribution in [1.29, 1.82) is 0 Å². The van der Waals surface area contributed by atoms with Gasteiger partial charge in [0.15, 0.2) is 0 Å². The fourth-order valence-electron chi connectivity index (χ4n) is 8.58. The number of nitrogens with zero attached hydrogens (tertiary/aromatic N) is 1. The Morgan fingerprint density at radius 2 is 1.68 bits per heavy atom. The van der Waals surface area contributed by atoms with Crippen LogP contribution in [-0.4, -0.2) is 118 Å². The second-order valence-corrected chi connectivity index (χ2v) is 18.7. The Hall–Kier alpha value is -3.23. The Morgan fingerprint density at radius 3 is 2.29 bits per heavy atom. The van der Waals surface area contributed by atoms with Crippen LogP contribution in [0.25, 0.3) is 0 Å². The first-order chi connectivity index (χ1) is 29.7. The van der Waals surface area contributed by atoms with Crippen LogP contribution in [0.15, 0.2) is 60.7 Å². The molecule has 0 spiro atoms. The number of benzene rings is 2. The van der Waals surface area contributed by atoms with Crippen molar-refractivity contribution >= 4 is 40.4 Å². The molecule has 3 fully saturated rings. The second kappa shape index (κ2) is 23.6. The minimum absolute atomic E-state index is 0.0247. The molecule has 0 saturated carbocycles. The van der Waals surface area contributed by atoms with Crippen LogP contribution < -0.4 is 0 Å². The molecule has 0 N–H and O–H groups in total. The van der Waals surface area contributed by atoms with Gasteiger partial charge in [-0.3, -0.25) is 0 Å². The average Bonchev–Trinajstić information content (AvgIpc) is 3.63. The Balaban J connectivity index is 1.29. The van der Waals surface area contributed by atoms with Crippen molar-refractivity contribution in [3.8, 4) is 0 Å². The van der Waals surface area contributed by atoms with Crippen LogP contribution in [0.2, 0.25) is 0 Å². The van der Waals surface area contributed by atoms with Gasteiger partial charge < -0.3 is 14.4 Å².